The van der Waals surface area contributed by atoms with Crippen molar-refractivity contribution in [3.05, 3.63) is 29.8 Å². The molecule has 1 fully saturated rings. The summed E-state index contributed by atoms with van der Waals surface area (Å²) in [6, 6.07) is 7.14. The van der Waals surface area contributed by atoms with E-state index in [2.05, 4.69) is 10.6 Å². The Morgan fingerprint density at radius 2 is 2.50 bits per heavy atom. The van der Waals surface area contributed by atoms with Gasteiger partial charge in [-0.3, -0.25) is 4.79 Å². The van der Waals surface area contributed by atoms with E-state index in [1.807, 2.05) is 0 Å². The molecule has 1 aromatic rings. The van der Waals surface area contributed by atoms with Crippen LogP contribution in [0, 0.1) is 0 Å². The van der Waals surface area contributed by atoms with E-state index in [9.17, 15) is 9.90 Å². The monoisotopic (exact) mass is 280 g/mol. The van der Waals surface area contributed by atoms with Gasteiger partial charge >= 0.3 is 0 Å². The molecular formula is C14H20N2O4. The maximum Gasteiger partial charge on any atom is 0.250 e. The average Bonchev–Trinajstić information content (AvgIpc) is 2.53. The highest BCUT2D eigenvalue weighted by Crippen LogP contribution is 2.18. The Morgan fingerprint density at radius 1 is 1.65 bits per heavy atom. The van der Waals surface area contributed by atoms with Crippen LogP contribution in [0.4, 0.5) is 0 Å². The van der Waals surface area contributed by atoms with Crippen molar-refractivity contribution in [3.8, 4) is 5.75 Å². The third kappa shape index (κ3) is 3.93. The number of ether oxygens (including phenoxy) is 2. The fourth-order valence-corrected chi connectivity index (χ4v) is 2.01. The fourth-order valence-electron chi connectivity index (χ4n) is 2.01. The van der Waals surface area contributed by atoms with Crippen molar-refractivity contribution in [3.63, 3.8) is 0 Å². The number of carbonyl (C=O) groups excluding carboxylic acids is 1. The molecule has 0 saturated carbocycles. The summed E-state index contributed by atoms with van der Waals surface area (Å²) in [5.74, 6) is 0.465. The predicted molar refractivity (Wildman–Crippen MR) is 73.6 cm³/mol. The molecule has 110 valence electrons. The Balaban J connectivity index is 1.84. The van der Waals surface area contributed by atoms with E-state index in [-0.39, 0.29) is 12.5 Å². The molecular weight excluding hydrogens is 260 g/mol. The molecule has 6 nitrogen and oxygen atoms in total. The molecule has 1 saturated heterocycles. The zero-order chi connectivity index (χ0) is 14.4. The van der Waals surface area contributed by atoms with Crippen molar-refractivity contribution in [1.82, 2.24) is 10.6 Å². The third-order valence-corrected chi connectivity index (χ3v) is 3.17. The molecule has 2 rings (SSSR count). The predicted octanol–water partition coefficient (Wildman–Crippen LogP) is -0.167. The maximum atomic E-state index is 11.8. The van der Waals surface area contributed by atoms with Gasteiger partial charge in [0.1, 0.15) is 11.9 Å². The van der Waals surface area contributed by atoms with Crippen molar-refractivity contribution < 1.29 is 19.4 Å². The minimum atomic E-state index is -0.773. The van der Waals surface area contributed by atoms with Crippen molar-refractivity contribution >= 4 is 5.91 Å². The van der Waals surface area contributed by atoms with Gasteiger partial charge in [0.15, 0.2) is 0 Å². The summed E-state index contributed by atoms with van der Waals surface area (Å²) < 4.78 is 10.4. The number of hydrogen-bond acceptors (Lipinski definition) is 5. The van der Waals surface area contributed by atoms with Gasteiger partial charge in [0, 0.05) is 19.6 Å². The molecule has 20 heavy (non-hydrogen) atoms. The smallest absolute Gasteiger partial charge is 0.250 e. The lowest BCUT2D eigenvalue weighted by atomic mass is 10.1. The molecule has 2 atom stereocenters. The summed E-state index contributed by atoms with van der Waals surface area (Å²) in [6.07, 6.45) is -1.26. The Bertz CT molecular complexity index is 447. The van der Waals surface area contributed by atoms with Crippen LogP contribution in [0.25, 0.3) is 0 Å². The third-order valence-electron chi connectivity index (χ3n) is 3.17. The topological polar surface area (TPSA) is 79.8 Å². The number of nitrogens with one attached hydrogen (secondary N) is 2. The van der Waals surface area contributed by atoms with Crippen molar-refractivity contribution in [1.29, 1.82) is 0 Å². The second-order valence-electron chi connectivity index (χ2n) is 4.60. The van der Waals surface area contributed by atoms with E-state index >= 15 is 0 Å². The molecule has 1 aliphatic heterocycles. The van der Waals surface area contributed by atoms with Gasteiger partial charge in [0.2, 0.25) is 0 Å². The molecule has 0 aliphatic carbocycles. The molecule has 0 aromatic heterocycles. The molecule has 3 N–H and O–H groups in total. The van der Waals surface area contributed by atoms with Crippen LogP contribution in [0.3, 0.4) is 0 Å². The zero-order valence-electron chi connectivity index (χ0n) is 11.5. The van der Waals surface area contributed by atoms with E-state index < -0.39 is 12.2 Å². The number of hydrogen-bond donors (Lipinski definition) is 3. The van der Waals surface area contributed by atoms with Gasteiger partial charge in [-0.25, -0.2) is 0 Å². The van der Waals surface area contributed by atoms with E-state index in [4.69, 9.17) is 9.47 Å². The zero-order valence-corrected chi connectivity index (χ0v) is 11.5. The summed E-state index contributed by atoms with van der Waals surface area (Å²) in [4.78, 5) is 11.8. The van der Waals surface area contributed by atoms with E-state index in [0.29, 0.717) is 24.5 Å². The number of rotatable bonds is 5. The standard InChI is InChI=1S/C14H20N2O4/c1-19-11-4-2-3-10(7-11)12(17)8-16-14(18)13-9-15-5-6-20-13/h2-4,7,12-13,15,17H,5-6,8-9H2,1H3,(H,16,18)/t12-,13-/m0/s1. The number of carbonyl (C=O) groups is 1. The first-order valence-electron chi connectivity index (χ1n) is 6.62. The average molecular weight is 280 g/mol. The van der Waals surface area contributed by atoms with Gasteiger partial charge in [-0.15, -0.1) is 0 Å². The molecule has 0 spiro atoms. The highest BCUT2D eigenvalue weighted by Gasteiger charge is 2.22. The van der Waals surface area contributed by atoms with Crippen LogP contribution in [0.5, 0.6) is 5.75 Å². The highest BCUT2D eigenvalue weighted by atomic mass is 16.5. The summed E-state index contributed by atoms with van der Waals surface area (Å²) in [6.45, 7) is 1.93. The molecule has 1 aromatic carbocycles. The number of methoxy groups -OCH3 is 1. The molecule has 0 unspecified atom stereocenters. The summed E-state index contributed by atoms with van der Waals surface area (Å²) in [5.41, 5.74) is 0.701. The molecule has 1 amide bonds. The lowest BCUT2D eigenvalue weighted by Gasteiger charge is -2.23. The van der Waals surface area contributed by atoms with Crippen LogP contribution in [0.2, 0.25) is 0 Å². The van der Waals surface area contributed by atoms with E-state index in [1.54, 1.807) is 31.4 Å². The second-order valence-corrected chi connectivity index (χ2v) is 4.60. The first-order chi connectivity index (χ1) is 9.70. The van der Waals surface area contributed by atoms with Crippen LogP contribution in [-0.4, -0.2) is 50.5 Å². The van der Waals surface area contributed by atoms with E-state index in [0.717, 1.165) is 6.54 Å². The van der Waals surface area contributed by atoms with Gasteiger partial charge < -0.3 is 25.2 Å². The largest absolute Gasteiger partial charge is 0.497 e. The number of amides is 1. The Morgan fingerprint density at radius 3 is 3.20 bits per heavy atom. The van der Waals surface area contributed by atoms with Gasteiger partial charge in [0.05, 0.1) is 19.8 Å². The number of morpholine rings is 1. The Labute approximate surface area is 118 Å². The SMILES string of the molecule is COc1cccc([C@@H](O)CNC(=O)[C@@H]2CNCCO2)c1. The van der Waals surface area contributed by atoms with Crippen LogP contribution in [0.1, 0.15) is 11.7 Å². The van der Waals surface area contributed by atoms with Gasteiger partial charge in [-0.05, 0) is 17.7 Å². The molecule has 6 heteroatoms. The first kappa shape index (κ1) is 14.8. The number of benzene rings is 1. The van der Waals surface area contributed by atoms with Gasteiger partial charge in [-0.1, -0.05) is 12.1 Å². The molecule has 1 heterocycles. The second kappa shape index (κ2) is 7.23. The minimum Gasteiger partial charge on any atom is -0.497 e. The van der Waals surface area contributed by atoms with Crippen LogP contribution < -0.4 is 15.4 Å². The van der Waals surface area contributed by atoms with E-state index in [1.165, 1.54) is 0 Å². The quantitative estimate of drug-likeness (QED) is 0.698. The Kier molecular flexibility index (Phi) is 5.34. The summed E-state index contributed by atoms with van der Waals surface area (Å²) in [7, 11) is 1.57. The normalized spacial score (nSPS) is 20.2. The lowest BCUT2D eigenvalue weighted by Crippen LogP contribution is -2.48. The molecule has 0 radical (unpaired) electrons. The lowest BCUT2D eigenvalue weighted by molar-refractivity contribution is -0.134. The first-order valence-corrected chi connectivity index (χ1v) is 6.62. The van der Waals surface area contributed by atoms with Crippen molar-refractivity contribution in [2.45, 2.75) is 12.2 Å². The van der Waals surface area contributed by atoms with Crippen molar-refractivity contribution in [2.24, 2.45) is 0 Å². The van der Waals surface area contributed by atoms with Crippen molar-refractivity contribution in [2.75, 3.05) is 33.4 Å². The van der Waals surface area contributed by atoms with Gasteiger partial charge in [-0.2, -0.15) is 0 Å². The Hall–Kier alpha value is -1.63. The number of aliphatic hydroxyl groups is 1. The summed E-state index contributed by atoms with van der Waals surface area (Å²) >= 11 is 0. The maximum absolute atomic E-state index is 11.8. The fraction of sp³-hybridized carbons (Fsp3) is 0.500. The van der Waals surface area contributed by atoms with Crippen LogP contribution in [-0.2, 0) is 9.53 Å². The van der Waals surface area contributed by atoms with Crippen LogP contribution in [0.15, 0.2) is 24.3 Å². The summed E-state index contributed by atoms with van der Waals surface area (Å²) in [5, 5.41) is 15.8. The van der Waals surface area contributed by atoms with Crippen LogP contribution >= 0.6 is 0 Å². The van der Waals surface area contributed by atoms with Gasteiger partial charge in [0.25, 0.3) is 5.91 Å². The number of aliphatic hydroxyl groups excluding tert-OH is 1. The molecule has 0 bridgehead atoms. The highest BCUT2D eigenvalue weighted by molar-refractivity contribution is 5.81. The molecule has 1 aliphatic rings. The minimum absolute atomic E-state index is 0.145.